The highest BCUT2D eigenvalue weighted by molar-refractivity contribution is 7.80. The first-order valence-corrected chi connectivity index (χ1v) is 25.9. The van der Waals surface area contributed by atoms with Crippen LogP contribution in [-0.4, -0.2) is 95.4 Å². The summed E-state index contributed by atoms with van der Waals surface area (Å²) in [6, 6.07) is -0.857. The van der Waals surface area contributed by atoms with Crippen molar-refractivity contribution in [3.05, 3.63) is 12.2 Å². The predicted molar refractivity (Wildman–Crippen MR) is 241 cm³/mol. The number of aliphatic hydroxyl groups excluding tert-OH is 4. The van der Waals surface area contributed by atoms with Crippen molar-refractivity contribution in [1.29, 1.82) is 0 Å². The molecule has 1 fully saturated rings. The summed E-state index contributed by atoms with van der Waals surface area (Å²) in [7, 11) is -5.07. The van der Waals surface area contributed by atoms with E-state index in [0.29, 0.717) is 12.8 Å². The van der Waals surface area contributed by atoms with Gasteiger partial charge >= 0.3 is 10.4 Å². The third-order valence-electron chi connectivity index (χ3n) is 11.8. The van der Waals surface area contributed by atoms with E-state index in [1.165, 1.54) is 141 Å². The second-order valence-corrected chi connectivity index (χ2v) is 18.5. The number of rotatable bonds is 42. The summed E-state index contributed by atoms with van der Waals surface area (Å²) in [5.74, 6) is -0.233. The van der Waals surface area contributed by atoms with Crippen molar-refractivity contribution >= 4 is 16.3 Å². The maximum absolute atomic E-state index is 13.1. The highest BCUT2D eigenvalue weighted by Gasteiger charge is 2.48. The number of unbranched alkanes of at least 4 members (excludes halogenated alkanes) is 28. The molecular weight excluding hydrogens is 787 g/mol. The van der Waals surface area contributed by atoms with Gasteiger partial charge in [0.15, 0.2) is 6.29 Å². The Hall–Kier alpha value is -1.16. The molecule has 1 heterocycles. The van der Waals surface area contributed by atoms with Crippen LogP contribution in [0.2, 0.25) is 0 Å². The molecular formula is C47H91NO11S. The van der Waals surface area contributed by atoms with Crippen molar-refractivity contribution in [1.82, 2.24) is 5.32 Å². The van der Waals surface area contributed by atoms with Gasteiger partial charge in [0, 0.05) is 6.42 Å². The van der Waals surface area contributed by atoms with E-state index in [9.17, 15) is 38.2 Å². The summed E-state index contributed by atoms with van der Waals surface area (Å²) in [6.45, 7) is 3.45. The molecule has 0 aromatic carbocycles. The van der Waals surface area contributed by atoms with Crippen molar-refractivity contribution in [2.24, 2.45) is 0 Å². The van der Waals surface area contributed by atoms with Crippen LogP contribution in [0.15, 0.2) is 12.2 Å². The van der Waals surface area contributed by atoms with Crippen LogP contribution in [0.5, 0.6) is 0 Å². The standard InChI is InChI=1S/C47H91NO11S/c1-3-5-7-9-11-13-15-17-19-20-21-23-24-26-28-30-32-34-36-41(50)40(39-57-47-45(53)46(59-60(54,55)56)44(52)42(38-49)58-47)48-43(51)37-35-33-31-29-27-25-22-18-16-14-12-10-8-6-4-2/h14,16,40-42,44-47,49-50,52-53H,3-13,15,17-39H2,1-2H3,(H,48,51)(H,54,55,56)/b16-14-. The smallest absolute Gasteiger partial charge is 0.394 e. The van der Waals surface area contributed by atoms with Crippen molar-refractivity contribution in [2.75, 3.05) is 13.2 Å². The van der Waals surface area contributed by atoms with Crippen molar-refractivity contribution in [3.63, 3.8) is 0 Å². The summed E-state index contributed by atoms with van der Waals surface area (Å²) in [6.07, 6.45) is 33.5. The summed E-state index contributed by atoms with van der Waals surface area (Å²) in [5, 5.41) is 44.9. The van der Waals surface area contributed by atoms with E-state index in [4.69, 9.17) is 9.47 Å². The zero-order chi connectivity index (χ0) is 44.1. The molecule has 0 saturated carbocycles. The first-order chi connectivity index (χ1) is 29.0. The zero-order valence-electron chi connectivity index (χ0n) is 38.0. The zero-order valence-corrected chi connectivity index (χ0v) is 38.9. The number of carbonyl (C=O) groups excluding carboxylic acids is 1. The minimum absolute atomic E-state index is 0.233. The molecule has 1 saturated heterocycles. The summed E-state index contributed by atoms with van der Waals surface area (Å²) >= 11 is 0. The van der Waals surface area contributed by atoms with E-state index in [1.54, 1.807) is 0 Å². The van der Waals surface area contributed by atoms with E-state index in [-0.39, 0.29) is 18.9 Å². The van der Waals surface area contributed by atoms with Crippen molar-refractivity contribution in [2.45, 2.75) is 269 Å². The number of carbonyl (C=O) groups is 1. The number of hydrogen-bond acceptors (Lipinski definition) is 10. The molecule has 60 heavy (non-hydrogen) atoms. The molecule has 1 rings (SSSR count). The van der Waals surface area contributed by atoms with Gasteiger partial charge in [0.05, 0.1) is 25.4 Å². The monoisotopic (exact) mass is 878 g/mol. The normalized spacial score (nSPS) is 20.8. The molecule has 0 radical (unpaired) electrons. The molecule has 7 unspecified atom stereocenters. The van der Waals surface area contributed by atoms with Gasteiger partial charge in [-0.05, 0) is 38.5 Å². The molecule has 6 N–H and O–H groups in total. The average molecular weight is 878 g/mol. The lowest BCUT2D eigenvalue weighted by Gasteiger charge is -2.41. The Morgan fingerprint density at radius 2 is 1.07 bits per heavy atom. The number of ether oxygens (including phenoxy) is 2. The van der Waals surface area contributed by atoms with Crippen LogP contribution in [0.25, 0.3) is 0 Å². The van der Waals surface area contributed by atoms with Gasteiger partial charge in [0.25, 0.3) is 0 Å². The molecule has 1 amide bonds. The van der Waals surface area contributed by atoms with Crippen LogP contribution < -0.4 is 5.32 Å². The predicted octanol–water partition coefficient (Wildman–Crippen LogP) is 9.95. The Kier molecular flexibility index (Phi) is 36.3. The minimum Gasteiger partial charge on any atom is -0.394 e. The Morgan fingerprint density at radius 3 is 1.52 bits per heavy atom. The van der Waals surface area contributed by atoms with Crippen LogP contribution in [0.3, 0.4) is 0 Å². The van der Waals surface area contributed by atoms with E-state index in [1.807, 2.05) is 0 Å². The molecule has 1 aliphatic heterocycles. The number of aliphatic hydroxyl groups is 4. The van der Waals surface area contributed by atoms with Gasteiger partial charge in [-0.25, -0.2) is 4.18 Å². The summed E-state index contributed by atoms with van der Waals surface area (Å²) < 4.78 is 47.7. The quantitative estimate of drug-likeness (QED) is 0.0194. The van der Waals surface area contributed by atoms with Gasteiger partial charge in [-0.15, -0.1) is 0 Å². The molecule has 0 aromatic rings. The van der Waals surface area contributed by atoms with Gasteiger partial charge in [-0.3, -0.25) is 9.35 Å². The van der Waals surface area contributed by atoms with Crippen LogP contribution in [0.1, 0.15) is 226 Å². The Bertz CT molecular complexity index is 1130. The van der Waals surface area contributed by atoms with Crippen LogP contribution in [0.4, 0.5) is 0 Å². The van der Waals surface area contributed by atoms with E-state index < -0.39 is 59.9 Å². The molecule has 0 bridgehead atoms. The number of nitrogens with one attached hydrogen (secondary N) is 1. The lowest BCUT2D eigenvalue weighted by molar-refractivity contribution is -0.298. The molecule has 12 nitrogen and oxygen atoms in total. The number of hydrogen-bond donors (Lipinski definition) is 6. The first kappa shape index (κ1) is 56.9. The van der Waals surface area contributed by atoms with E-state index >= 15 is 0 Å². The Balaban J connectivity index is 2.46. The van der Waals surface area contributed by atoms with Crippen LogP contribution in [0, 0.1) is 0 Å². The fourth-order valence-corrected chi connectivity index (χ4v) is 8.49. The minimum atomic E-state index is -5.07. The maximum Gasteiger partial charge on any atom is 0.397 e. The lowest BCUT2D eigenvalue weighted by Crippen LogP contribution is -2.61. The molecule has 1 aliphatic rings. The SMILES string of the molecule is CCCCCC/C=C\CCCCCCCCCC(=O)NC(COC1OC(CO)C(O)C(OS(=O)(=O)O)C1O)C(O)CCCCCCCCCCCCCCCCCCCC. The highest BCUT2D eigenvalue weighted by Crippen LogP contribution is 2.26. The van der Waals surface area contributed by atoms with E-state index in [0.717, 1.165) is 51.4 Å². The summed E-state index contributed by atoms with van der Waals surface area (Å²) in [5.41, 5.74) is 0. The Morgan fingerprint density at radius 1 is 0.650 bits per heavy atom. The third kappa shape index (κ3) is 30.8. The van der Waals surface area contributed by atoms with Gasteiger partial charge < -0.3 is 35.2 Å². The van der Waals surface area contributed by atoms with Crippen LogP contribution in [-0.2, 0) is 28.9 Å². The van der Waals surface area contributed by atoms with Crippen molar-refractivity contribution in [3.8, 4) is 0 Å². The van der Waals surface area contributed by atoms with Gasteiger partial charge in [0.2, 0.25) is 5.91 Å². The third-order valence-corrected chi connectivity index (χ3v) is 12.3. The Labute approximate surface area is 366 Å². The fourth-order valence-electron chi connectivity index (χ4n) is 7.98. The van der Waals surface area contributed by atoms with Crippen molar-refractivity contribution < 1.29 is 51.8 Å². The molecule has 356 valence electrons. The van der Waals surface area contributed by atoms with Crippen LogP contribution >= 0.6 is 0 Å². The second-order valence-electron chi connectivity index (χ2n) is 17.4. The van der Waals surface area contributed by atoms with E-state index in [2.05, 4.69) is 35.5 Å². The molecule has 0 aliphatic carbocycles. The number of allylic oxidation sites excluding steroid dienone is 2. The van der Waals surface area contributed by atoms with Gasteiger partial charge in [0.1, 0.15) is 24.4 Å². The topological polar surface area (TPSA) is 192 Å². The summed E-state index contributed by atoms with van der Waals surface area (Å²) in [4.78, 5) is 13.1. The molecule has 13 heteroatoms. The molecule has 0 spiro atoms. The first-order valence-electron chi connectivity index (χ1n) is 24.6. The average Bonchev–Trinajstić information content (AvgIpc) is 3.22. The molecule has 0 aromatic heterocycles. The van der Waals surface area contributed by atoms with Gasteiger partial charge in [-0.1, -0.05) is 193 Å². The maximum atomic E-state index is 13.1. The molecule has 7 atom stereocenters. The lowest BCUT2D eigenvalue weighted by atomic mass is 9.99. The highest BCUT2D eigenvalue weighted by atomic mass is 32.3. The number of amides is 1. The fraction of sp³-hybridized carbons (Fsp3) is 0.936. The van der Waals surface area contributed by atoms with Gasteiger partial charge in [-0.2, -0.15) is 8.42 Å². The second kappa shape index (κ2) is 38.3. The largest absolute Gasteiger partial charge is 0.397 e.